The molecule has 1 spiro atoms. The zero-order chi connectivity index (χ0) is 17.3. The van der Waals surface area contributed by atoms with Gasteiger partial charge in [-0.1, -0.05) is 12.8 Å². The molecule has 0 radical (unpaired) electrons. The summed E-state index contributed by atoms with van der Waals surface area (Å²) >= 11 is 0. The van der Waals surface area contributed by atoms with Crippen molar-refractivity contribution < 1.29 is 14.4 Å². The van der Waals surface area contributed by atoms with Crippen molar-refractivity contribution >= 4 is 17.8 Å². The maximum absolute atomic E-state index is 12.7. The average Bonchev–Trinajstić information content (AvgIpc) is 2.88. The summed E-state index contributed by atoms with van der Waals surface area (Å²) in [4.78, 5) is 42.6. The minimum absolute atomic E-state index is 0.145. The molecule has 1 atom stereocenters. The number of carbonyl (C=O) groups excluding carboxylic acids is 3. The summed E-state index contributed by atoms with van der Waals surface area (Å²) in [7, 11) is 0. The Hall–Kier alpha value is -1.63. The van der Waals surface area contributed by atoms with E-state index < -0.39 is 5.54 Å². The molecule has 3 aliphatic rings. The standard InChI is InChI=1S/C17H28N4O3/c1-13(2)21-15(23)17(18-16(21)24)7-10-19(12-17)11-14(22)20-8-5-3-4-6-9-20/h13H,3-12H2,1-2H3,(H,18,24). The number of rotatable bonds is 3. The van der Waals surface area contributed by atoms with Gasteiger partial charge in [-0.25, -0.2) is 4.79 Å². The van der Waals surface area contributed by atoms with Crippen LogP contribution < -0.4 is 5.32 Å². The van der Waals surface area contributed by atoms with Gasteiger partial charge in [0.25, 0.3) is 5.91 Å². The van der Waals surface area contributed by atoms with Gasteiger partial charge in [-0.2, -0.15) is 0 Å². The second kappa shape index (κ2) is 6.70. The van der Waals surface area contributed by atoms with Crippen LogP contribution in [0.3, 0.4) is 0 Å². The zero-order valence-corrected chi connectivity index (χ0v) is 14.7. The summed E-state index contributed by atoms with van der Waals surface area (Å²) in [6, 6.07) is -0.458. The zero-order valence-electron chi connectivity index (χ0n) is 14.7. The van der Waals surface area contributed by atoms with Gasteiger partial charge in [0, 0.05) is 32.2 Å². The molecule has 134 valence electrons. The first kappa shape index (κ1) is 17.2. The predicted molar refractivity (Wildman–Crippen MR) is 89.3 cm³/mol. The fourth-order valence-corrected chi connectivity index (χ4v) is 4.02. The molecule has 4 amide bonds. The second-order valence-electron chi connectivity index (χ2n) is 7.54. The Morgan fingerprint density at radius 3 is 2.38 bits per heavy atom. The smallest absolute Gasteiger partial charge is 0.325 e. The van der Waals surface area contributed by atoms with Gasteiger partial charge < -0.3 is 10.2 Å². The van der Waals surface area contributed by atoms with E-state index in [0.29, 0.717) is 26.1 Å². The van der Waals surface area contributed by atoms with Gasteiger partial charge in [0.1, 0.15) is 5.54 Å². The highest BCUT2D eigenvalue weighted by Gasteiger charge is 2.55. The lowest BCUT2D eigenvalue weighted by atomic mass is 9.98. The fraction of sp³-hybridized carbons (Fsp3) is 0.824. The van der Waals surface area contributed by atoms with Crippen molar-refractivity contribution in [2.75, 3.05) is 32.7 Å². The van der Waals surface area contributed by atoms with E-state index in [1.165, 1.54) is 17.7 Å². The number of likely N-dealkylation sites (tertiary alicyclic amines) is 2. The predicted octanol–water partition coefficient (Wildman–Crippen LogP) is 0.794. The normalized spacial score (nSPS) is 28.8. The minimum Gasteiger partial charge on any atom is -0.342 e. The van der Waals surface area contributed by atoms with Gasteiger partial charge >= 0.3 is 6.03 Å². The highest BCUT2D eigenvalue weighted by atomic mass is 16.2. The summed E-state index contributed by atoms with van der Waals surface area (Å²) in [5, 5.41) is 2.87. The van der Waals surface area contributed by atoms with E-state index in [-0.39, 0.29) is 23.9 Å². The third-order valence-electron chi connectivity index (χ3n) is 5.38. The third-order valence-corrected chi connectivity index (χ3v) is 5.38. The van der Waals surface area contributed by atoms with Gasteiger partial charge in [-0.05, 0) is 33.1 Å². The lowest BCUT2D eigenvalue weighted by Gasteiger charge is -2.25. The summed E-state index contributed by atoms with van der Waals surface area (Å²) < 4.78 is 0. The van der Waals surface area contributed by atoms with Crippen LogP contribution in [0.4, 0.5) is 4.79 Å². The van der Waals surface area contributed by atoms with E-state index in [0.717, 1.165) is 25.9 Å². The number of nitrogens with zero attached hydrogens (tertiary/aromatic N) is 3. The van der Waals surface area contributed by atoms with Crippen molar-refractivity contribution in [1.82, 2.24) is 20.0 Å². The molecular weight excluding hydrogens is 308 g/mol. The van der Waals surface area contributed by atoms with Crippen molar-refractivity contribution in [2.24, 2.45) is 0 Å². The summed E-state index contributed by atoms with van der Waals surface area (Å²) in [5.41, 5.74) is -0.833. The Labute approximate surface area is 143 Å². The molecule has 3 aliphatic heterocycles. The third kappa shape index (κ3) is 3.14. The Kier molecular flexibility index (Phi) is 4.80. The van der Waals surface area contributed by atoms with E-state index in [9.17, 15) is 14.4 Å². The van der Waals surface area contributed by atoms with Crippen LogP contribution in [0, 0.1) is 0 Å². The van der Waals surface area contributed by atoms with Crippen molar-refractivity contribution in [2.45, 2.75) is 57.5 Å². The maximum Gasteiger partial charge on any atom is 0.325 e. The molecule has 3 heterocycles. The topological polar surface area (TPSA) is 73.0 Å². The number of urea groups is 1. The molecule has 7 nitrogen and oxygen atoms in total. The lowest BCUT2D eigenvalue weighted by molar-refractivity contribution is -0.134. The monoisotopic (exact) mass is 336 g/mol. The first-order chi connectivity index (χ1) is 11.4. The van der Waals surface area contributed by atoms with Crippen molar-refractivity contribution in [1.29, 1.82) is 0 Å². The first-order valence-corrected chi connectivity index (χ1v) is 9.09. The number of hydrogen-bond acceptors (Lipinski definition) is 4. The quantitative estimate of drug-likeness (QED) is 0.774. The Balaban J connectivity index is 1.60. The molecule has 24 heavy (non-hydrogen) atoms. The Bertz CT molecular complexity index is 528. The van der Waals surface area contributed by atoms with Gasteiger partial charge in [0.2, 0.25) is 5.91 Å². The number of hydrogen-bond donors (Lipinski definition) is 1. The SMILES string of the molecule is CC(C)N1C(=O)NC2(CCN(CC(=O)N3CCCCCC3)C2)C1=O. The molecule has 0 aromatic carbocycles. The van der Waals surface area contributed by atoms with Crippen molar-refractivity contribution in [3.05, 3.63) is 0 Å². The van der Waals surface area contributed by atoms with Gasteiger partial charge in [-0.15, -0.1) is 0 Å². The van der Waals surface area contributed by atoms with Gasteiger partial charge in [-0.3, -0.25) is 19.4 Å². The summed E-state index contributed by atoms with van der Waals surface area (Å²) in [5.74, 6) is -0.00124. The molecule has 0 aromatic rings. The highest BCUT2D eigenvalue weighted by molar-refractivity contribution is 6.07. The van der Waals surface area contributed by atoms with Crippen LogP contribution in [-0.4, -0.2) is 76.8 Å². The van der Waals surface area contributed by atoms with Crippen LogP contribution in [0.2, 0.25) is 0 Å². The largest absolute Gasteiger partial charge is 0.342 e. The average molecular weight is 336 g/mol. The van der Waals surface area contributed by atoms with Gasteiger partial charge in [0.15, 0.2) is 0 Å². The number of carbonyl (C=O) groups is 3. The molecular formula is C17H28N4O3. The summed E-state index contributed by atoms with van der Waals surface area (Å²) in [6.07, 6.45) is 5.12. The highest BCUT2D eigenvalue weighted by Crippen LogP contribution is 2.29. The number of imide groups is 1. The van der Waals surface area contributed by atoms with Crippen LogP contribution in [0.15, 0.2) is 0 Å². The Morgan fingerprint density at radius 2 is 1.79 bits per heavy atom. The molecule has 0 bridgehead atoms. The van der Waals surface area contributed by atoms with E-state index >= 15 is 0 Å². The van der Waals surface area contributed by atoms with E-state index in [4.69, 9.17) is 0 Å². The van der Waals surface area contributed by atoms with Crippen LogP contribution >= 0.6 is 0 Å². The second-order valence-corrected chi connectivity index (χ2v) is 7.54. The minimum atomic E-state index is -0.833. The molecule has 3 rings (SSSR count). The maximum atomic E-state index is 12.7. The first-order valence-electron chi connectivity index (χ1n) is 9.09. The van der Waals surface area contributed by atoms with Crippen LogP contribution in [-0.2, 0) is 9.59 Å². The number of nitrogens with one attached hydrogen (secondary N) is 1. The molecule has 7 heteroatoms. The van der Waals surface area contributed by atoms with E-state index in [1.807, 2.05) is 23.6 Å². The molecule has 1 N–H and O–H groups in total. The summed E-state index contributed by atoms with van der Waals surface area (Å²) in [6.45, 7) is 6.80. The molecule has 3 saturated heterocycles. The number of amides is 4. The van der Waals surface area contributed by atoms with Crippen LogP contribution in [0.5, 0.6) is 0 Å². The molecule has 0 aliphatic carbocycles. The van der Waals surface area contributed by atoms with Crippen molar-refractivity contribution in [3.8, 4) is 0 Å². The Morgan fingerprint density at radius 1 is 1.12 bits per heavy atom. The molecule has 0 saturated carbocycles. The van der Waals surface area contributed by atoms with E-state index in [1.54, 1.807) is 0 Å². The molecule has 3 fully saturated rings. The van der Waals surface area contributed by atoms with Gasteiger partial charge in [0.05, 0.1) is 6.54 Å². The fourth-order valence-electron chi connectivity index (χ4n) is 4.02. The lowest BCUT2D eigenvalue weighted by Crippen LogP contribution is -2.50. The van der Waals surface area contributed by atoms with Crippen molar-refractivity contribution in [3.63, 3.8) is 0 Å². The molecule has 0 aromatic heterocycles. The molecule has 1 unspecified atom stereocenters. The van der Waals surface area contributed by atoms with Crippen LogP contribution in [0.1, 0.15) is 46.0 Å². The van der Waals surface area contributed by atoms with Crippen LogP contribution in [0.25, 0.3) is 0 Å². The van der Waals surface area contributed by atoms with E-state index in [2.05, 4.69) is 5.32 Å².